The summed E-state index contributed by atoms with van der Waals surface area (Å²) in [5.41, 5.74) is 2.33. The molecule has 7 heteroatoms. The third-order valence-electron chi connectivity index (χ3n) is 4.15. The highest BCUT2D eigenvalue weighted by Crippen LogP contribution is 2.26. The molecule has 3 rings (SSSR count). The van der Waals surface area contributed by atoms with Crippen LogP contribution >= 0.6 is 11.8 Å². The second-order valence-corrected chi connectivity index (χ2v) is 7.42. The minimum atomic E-state index is -0.302. The van der Waals surface area contributed by atoms with E-state index in [1.807, 2.05) is 0 Å². The number of rotatable bonds is 6. The second-order valence-electron chi connectivity index (χ2n) is 6.31. The van der Waals surface area contributed by atoms with Crippen LogP contribution in [0.5, 0.6) is 0 Å². The number of ether oxygens (including phenoxy) is 1. The van der Waals surface area contributed by atoms with Gasteiger partial charge in [-0.15, -0.1) is 11.8 Å². The minimum Gasteiger partial charge on any atom is -0.496 e. The fourth-order valence-electron chi connectivity index (χ4n) is 2.68. The molecule has 2 aromatic rings. The normalized spacial score (nSPS) is 13.6. The topological polar surface area (TPSA) is 67.4 Å². The van der Waals surface area contributed by atoms with E-state index < -0.39 is 0 Å². The van der Waals surface area contributed by atoms with Crippen LogP contribution in [0.4, 0.5) is 10.1 Å². The van der Waals surface area contributed by atoms with Gasteiger partial charge in [0, 0.05) is 18.0 Å². The van der Waals surface area contributed by atoms with Crippen LogP contribution in [0.15, 0.2) is 59.2 Å². The predicted octanol–water partition coefficient (Wildman–Crippen LogP) is 3.62. The van der Waals surface area contributed by atoms with Gasteiger partial charge in [0.05, 0.1) is 13.0 Å². The first-order valence-electron chi connectivity index (χ1n) is 8.89. The van der Waals surface area contributed by atoms with Crippen molar-refractivity contribution in [2.45, 2.75) is 19.9 Å². The summed E-state index contributed by atoms with van der Waals surface area (Å²) in [6.07, 6.45) is 0.226. The van der Waals surface area contributed by atoms with Gasteiger partial charge in [0.1, 0.15) is 16.5 Å². The van der Waals surface area contributed by atoms with E-state index in [4.69, 9.17) is 4.74 Å². The van der Waals surface area contributed by atoms with Gasteiger partial charge < -0.3 is 15.4 Å². The number of benzene rings is 2. The zero-order valence-electron chi connectivity index (χ0n) is 15.5. The van der Waals surface area contributed by atoms with E-state index in [0.29, 0.717) is 29.5 Å². The molecule has 2 aromatic carbocycles. The van der Waals surface area contributed by atoms with Crippen molar-refractivity contribution in [3.8, 4) is 0 Å². The van der Waals surface area contributed by atoms with E-state index in [0.717, 1.165) is 16.9 Å². The Hall–Kier alpha value is -2.80. The zero-order chi connectivity index (χ0) is 19.9. The van der Waals surface area contributed by atoms with Crippen LogP contribution < -0.4 is 10.6 Å². The van der Waals surface area contributed by atoms with E-state index in [9.17, 15) is 14.0 Å². The van der Waals surface area contributed by atoms with Gasteiger partial charge in [0.25, 0.3) is 5.91 Å². The van der Waals surface area contributed by atoms with Crippen LogP contribution in [0.2, 0.25) is 0 Å². The smallest absolute Gasteiger partial charge is 0.265 e. The number of carbonyl (C=O) groups is 2. The van der Waals surface area contributed by atoms with Crippen molar-refractivity contribution >= 4 is 29.3 Å². The number of anilines is 1. The maximum absolute atomic E-state index is 12.9. The van der Waals surface area contributed by atoms with Crippen LogP contribution in [0.25, 0.3) is 0 Å². The number of carbonyl (C=O) groups excluding carboxylic acids is 2. The molecular weight excluding hydrogens is 379 g/mol. The largest absolute Gasteiger partial charge is 0.496 e. The quantitative estimate of drug-likeness (QED) is 0.777. The van der Waals surface area contributed by atoms with Gasteiger partial charge in [-0.05, 0) is 42.3 Å². The molecule has 1 heterocycles. The molecule has 0 bridgehead atoms. The Morgan fingerprint density at radius 1 is 1.07 bits per heavy atom. The summed E-state index contributed by atoms with van der Waals surface area (Å²) in [6.45, 7) is 2.75. The van der Waals surface area contributed by atoms with Gasteiger partial charge in [-0.3, -0.25) is 9.59 Å². The molecule has 146 valence electrons. The highest BCUT2D eigenvalue weighted by molar-refractivity contribution is 8.04. The SMILES string of the molecule is CC1=C(C(=O)Nc2ccc(CC(=O)NCc3ccc(F)cc3)cc2)SCCO1. The lowest BCUT2D eigenvalue weighted by Gasteiger charge is -2.17. The van der Waals surface area contributed by atoms with Gasteiger partial charge in [-0.2, -0.15) is 0 Å². The molecule has 1 aliphatic heterocycles. The first kappa shape index (κ1) is 19.9. The molecule has 0 fully saturated rings. The third-order valence-corrected chi connectivity index (χ3v) is 5.29. The minimum absolute atomic E-state index is 0.127. The molecule has 0 aliphatic carbocycles. The number of thioether (sulfide) groups is 1. The maximum atomic E-state index is 12.9. The van der Waals surface area contributed by atoms with Gasteiger partial charge in [0.15, 0.2) is 0 Å². The number of hydrogen-bond acceptors (Lipinski definition) is 4. The Labute approximate surface area is 167 Å². The summed E-state index contributed by atoms with van der Waals surface area (Å²) >= 11 is 1.48. The lowest BCUT2D eigenvalue weighted by atomic mass is 10.1. The molecule has 0 saturated carbocycles. The molecule has 2 N–H and O–H groups in total. The van der Waals surface area contributed by atoms with Crippen LogP contribution in [0.3, 0.4) is 0 Å². The van der Waals surface area contributed by atoms with E-state index >= 15 is 0 Å². The van der Waals surface area contributed by atoms with Crippen LogP contribution in [-0.4, -0.2) is 24.2 Å². The third kappa shape index (κ3) is 5.60. The Morgan fingerprint density at radius 3 is 2.43 bits per heavy atom. The first-order valence-corrected chi connectivity index (χ1v) is 9.88. The second kappa shape index (κ2) is 9.41. The van der Waals surface area contributed by atoms with Gasteiger partial charge in [0.2, 0.25) is 5.91 Å². The average Bonchev–Trinajstić information content (AvgIpc) is 2.69. The molecule has 28 heavy (non-hydrogen) atoms. The Balaban J connectivity index is 1.50. The van der Waals surface area contributed by atoms with Crippen molar-refractivity contribution in [3.63, 3.8) is 0 Å². The average molecular weight is 400 g/mol. The van der Waals surface area contributed by atoms with Crippen molar-refractivity contribution in [1.82, 2.24) is 5.32 Å². The van der Waals surface area contributed by atoms with Crippen LogP contribution in [0.1, 0.15) is 18.1 Å². The summed E-state index contributed by atoms with van der Waals surface area (Å²) in [4.78, 5) is 25.0. The number of hydrogen-bond donors (Lipinski definition) is 2. The summed E-state index contributed by atoms with van der Waals surface area (Å²) in [5.74, 6) is 0.780. The molecule has 0 radical (unpaired) electrons. The van der Waals surface area contributed by atoms with Crippen molar-refractivity contribution < 1.29 is 18.7 Å². The molecule has 2 amide bonds. The summed E-state index contributed by atoms with van der Waals surface area (Å²) < 4.78 is 18.3. The fraction of sp³-hybridized carbons (Fsp3) is 0.238. The lowest BCUT2D eigenvalue weighted by molar-refractivity contribution is -0.120. The molecule has 0 atom stereocenters. The molecule has 1 aliphatic rings. The van der Waals surface area contributed by atoms with E-state index in [2.05, 4.69) is 10.6 Å². The molecule has 0 saturated heterocycles. The summed E-state index contributed by atoms with van der Waals surface area (Å²) in [6, 6.07) is 13.2. The number of nitrogens with one attached hydrogen (secondary N) is 2. The summed E-state index contributed by atoms with van der Waals surface area (Å²) in [5, 5.41) is 5.65. The molecule has 0 aromatic heterocycles. The standard InChI is InChI=1S/C21H21FN2O3S/c1-14-20(28-11-10-27-14)21(26)24-18-8-4-15(5-9-18)12-19(25)23-13-16-2-6-17(22)7-3-16/h2-9H,10-13H2,1H3,(H,23,25)(H,24,26). The number of allylic oxidation sites excluding steroid dienone is 1. The number of halogens is 1. The monoisotopic (exact) mass is 400 g/mol. The highest BCUT2D eigenvalue weighted by Gasteiger charge is 2.18. The molecular formula is C21H21FN2O3S. The molecule has 5 nitrogen and oxygen atoms in total. The Morgan fingerprint density at radius 2 is 1.75 bits per heavy atom. The Kier molecular flexibility index (Phi) is 6.71. The molecule has 0 unspecified atom stereocenters. The van der Waals surface area contributed by atoms with Crippen LogP contribution in [0, 0.1) is 5.82 Å². The predicted molar refractivity (Wildman–Crippen MR) is 108 cm³/mol. The van der Waals surface area contributed by atoms with E-state index in [1.54, 1.807) is 43.3 Å². The van der Waals surface area contributed by atoms with Crippen LogP contribution in [-0.2, 0) is 27.3 Å². The lowest BCUT2D eigenvalue weighted by Crippen LogP contribution is -2.24. The number of amides is 2. The molecule has 0 spiro atoms. The zero-order valence-corrected chi connectivity index (χ0v) is 16.3. The van der Waals surface area contributed by atoms with E-state index in [-0.39, 0.29) is 24.1 Å². The maximum Gasteiger partial charge on any atom is 0.265 e. The Bertz CT molecular complexity index is 880. The van der Waals surface area contributed by atoms with Gasteiger partial charge in [-0.25, -0.2) is 4.39 Å². The van der Waals surface area contributed by atoms with Crippen molar-refractivity contribution in [1.29, 1.82) is 0 Å². The first-order chi connectivity index (χ1) is 13.5. The highest BCUT2D eigenvalue weighted by atomic mass is 32.2. The van der Waals surface area contributed by atoms with Crippen molar-refractivity contribution in [2.75, 3.05) is 17.7 Å². The summed E-state index contributed by atoms with van der Waals surface area (Å²) in [7, 11) is 0. The van der Waals surface area contributed by atoms with Crippen molar-refractivity contribution in [2.24, 2.45) is 0 Å². The van der Waals surface area contributed by atoms with Gasteiger partial charge >= 0.3 is 0 Å². The van der Waals surface area contributed by atoms with Gasteiger partial charge in [-0.1, -0.05) is 24.3 Å². The fourth-order valence-corrected chi connectivity index (χ4v) is 3.49. The van der Waals surface area contributed by atoms with E-state index in [1.165, 1.54) is 23.9 Å². The van der Waals surface area contributed by atoms with Crippen molar-refractivity contribution in [3.05, 3.63) is 76.1 Å².